The second kappa shape index (κ2) is 4.02. The molecule has 4 nitrogen and oxygen atoms in total. The highest BCUT2D eigenvalue weighted by atomic mass is 32.2. The molecule has 12 heavy (non-hydrogen) atoms. The van der Waals surface area contributed by atoms with Crippen molar-refractivity contribution in [2.45, 2.75) is 25.0 Å². The van der Waals surface area contributed by atoms with Crippen LogP contribution in [0.2, 0.25) is 0 Å². The molecular weight excluding hydrogens is 180 g/mol. The van der Waals surface area contributed by atoms with E-state index in [1.54, 1.807) is 6.08 Å². The summed E-state index contributed by atoms with van der Waals surface area (Å²) >= 11 is 0. The summed E-state index contributed by atoms with van der Waals surface area (Å²) in [6, 6.07) is 0. The maximum atomic E-state index is 10.6. The summed E-state index contributed by atoms with van der Waals surface area (Å²) in [5.74, 6) is 0.438. The second-order valence-electron chi connectivity index (χ2n) is 2.99. The summed E-state index contributed by atoms with van der Waals surface area (Å²) in [6.07, 6.45) is 4.78. The fraction of sp³-hybridized carbons (Fsp3) is 0.714. The molecule has 0 aromatic rings. The lowest BCUT2D eigenvalue weighted by Gasteiger charge is -2.17. The smallest absolute Gasteiger partial charge is 0.271 e. The Labute approximate surface area is 72.3 Å². The first-order valence-electron chi connectivity index (χ1n) is 3.65. The predicted molar refractivity (Wildman–Crippen MR) is 46.5 cm³/mol. The zero-order valence-corrected chi connectivity index (χ0v) is 7.71. The van der Waals surface area contributed by atoms with Gasteiger partial charge in [0, 0.05) is 0 Å². The van der Waals surface area contributed by atoms with Gasteiger partial charge in [0.2, 0.25) is 0 Å². The molecule has 2 unspecified atom stereocenters. The molecule has 72 valence electrons. The van der Waals surface area contributed by atoms with Crippen molar-refractivity contribution >= 4 is 10.1 Å². The van der Waals surface area contributed by atoms with Gasteiger partial charge in [-0.1, -0.05) is 19.1 Å². The maximum Gasteiger partial charge on any atom is 0.271 e. The molecule has 1 aliphatic carbocycles. The minimum Gasteiger partial charge on any atom is -0.412 e. The van der Waals surface area contributed by atoms with E-state index in [0.717, 1.165) is 6.42 Å². The molecule has 2 atom stereocenters. The van der Waals surface area contributed by atoms with Crippen LogP contribution in [0.1, 0.15) is 19.8 Å². The van der Waals surface area contributed by atoms with Crippen LogP contribution in [0.15, 0.2) is 12.2 Å². The molecule has 0 amide bonds. The van der Waals surface area contributed by atoms with E-state index in [9.17, 15) is 8.42 Å². The van der Waals surface area contributed by atoms with Crippen LogP contribution in [0.4, 0.5) is 0 Å². The normalized spacial score (nSPS) is 29.5. The lowest BCUT2D eigenvalue weighted by atomic mass is 9.98. The molecule has 5 heteroatoms. The van der Waals surface area contributed by atoms with Crippen LogP contribution in [-0.4, -0.2) is 23.7 Å². The number of hydrogen-bond donors (Lipinski definition) is 1. The fourth-order valence-corrected chi connectivity index (χ4v) is 1.90. The summed E-state index contributed by atoms with van der Waals surface area (Å²) < 4.78 is 29.8. The van der Waals surface area contributed by atoms with E-state index in [1.807, 2.05) is 13.0 Å². The lowest BCUT2D eigenvalue weighted by Crippen LogP contribution is -2.21. The van der Waals surface area contributed by atoms with Crippen molar-refractivity contribution in [3.8, 4) is 0 Å². The summed E-state index contributed by atoms with van der Waals surface area (Å²) in [5.41, 5.74) is 0. The first-order valence-corrected chi connectivity index (χ1v) is 5.15. The Morgan fingerprint density at radius 3 is 2.25 bits per heavy atom. The quantitative estimate of drug-likeness (QED) is 0.484. The van der Waals surface area contributed by atoms with Crippen LogP contribution < -0.4 is 0 Å². The van der Waals surface area contributed by atoms with E-state index in [2.05, 4.69) is 0 Å². The van der Waals surface area contributed by atoms with E-state index in [4.69, 9.17) is 4.55 Å². The van der Waals surface area contributed by atoms with Crippen molar-refractivity contribution in [2.75, 3.05) is 0 Å². The van der Waals surface area contributed by atoms with E-state index >= 15 is 0 Å². The molecule has 0 aromatic heterocycles. The third-order valence-corrected chi connectivity index (χ3v) is 3.10. The highest BCUT2D eigenvalue weighted by molar-refractivity contribution is 7.86. The van der Waals surface area contributed by atoms with E-state index < -0.39 is 15.4 Å². The van der Waals surface area contributed by atoms with Crippen molar-refractivity contribution < 1.29 is 18.4 Å². The molecule has 0 spiro atoms. The molecule has 0 radical (unpaired) electrons. The molecular formula is C7H14O4S. The van der Waals surface area contributed by atoms with E-state index in [0.29, 0.717) is 12.3 Å². The van der Waals surface area contributed by atoms with Gasteiger partial charge in [0.05, 0.1) is 0 Å². The molecule has 1 aliphatic rings. The second-order valence-corrected chi connectivity index (χ2v) is 4.63. The standard InChI is InChI=1S/C7H12O3S.H2O/c1-6-2-4-7(5-3-6)11(8,9)10;/h2,4,6-7H,3,5H2,1H3,(H,8,9,10);1H2. The molecule has 0 aromatic carbocycles. The fourth-order valence-electron chi connectivity index (χ4n) is 1.18. The average Bonchev–Trinajstić information content (AvgIpc) is 1.86. The van der Waals surface area contributed by atoms with Crippen LogP contribution in [0.25, 0.3) is 0 Å². The zero-order valence-electron chi connectivity index (χ0n) is 6.90. The minimum atomic E-state index is -3.84. The van der Waals surface area contributed by atoms with Crippen LogP contribution in [0.5, 0.6) is 0 Å². The van der Waals surface area contributed by atoms with Crippen LogP contribution in [-0.2, 0) is 10.1 Å². The number of rotatable bonds is 1. The van der Waals surface area contributed by atoms with Crippen molar-refractivity contribution in [1.82, 2.24) is 0 Å². The van der Waals surface area contributed by atoms with Gasteiger partial charge >= 0.3 is 0 Å². The van der Waals surface area contributed by atoms with Crippen molar-refractivity contribution in [3.63, 3.8) is 0 Å². The molecule has 0 fully saturated rings. The van der Waals surface area contributed by atoms with Crippen LogP contribution >= 0.6 is 0 Å². The van der Waals surface area contributed by atoms with Gasteiger partial charge in [0.15, 0.2) is 0 Å². The van der Waals surface area contributed by atoms with Gasteiger partial charge < -0.3 is 5.48 Å². The van der Waals surface area contributed by atoms with Crippen molar-refractivity contribution in [2.24, 2.45) is 5.92 Å². The van der Waals surface area contributed by atoms with Gasteiger partial charge in [-0.05, 0) is 18.8 Å². The monoisotopic (exact) mass is 194 g/mol. The Kier molecular flexibility index (Phi) is 3.89. The Bertz CT molecular complexity index is 255. The van der Waals surface area contributed by atoms with Gasteiger partial charge in [-0.15, -0.1) is 0 Å². The summed E-state index contributed by atoms with van der Waals surface area (Å²) in [7, 11) is -3.84. The van der Waals surface area contributed by atoms with Crippen LogP contribution in [0, 0.1) is 5.92 Å². The Morgan fingerprint density at radius 2 is 1.92 bits per heavy atom. The van der Waals surface area contributed by atoms with Gasteiger partial charge in [0.1, 0.15) is 5.25 Å². The van der Waals surface area contributed by atoms with Gasteiger partial charge in [-0.3, -0.25) is 4.55 Å². The molecule has 0 bridgehead atoms. The Balaban J connectivity index is 0.00000121. The van der Waals surface area contributed by atoms with E-state index in [1.165, 1.54) is 0 Å². The molecule has 0 aliphatic heterocycles. The third kappa shape index (κ3) is 2.92. The zero-order chi connectivity index (χ0) is 8.48. The Morgan fingerprint density at radius 1 is 1.33 bits per heavy atom. The first kappa shape index (κ1) is 11.6. The van der Waals surface area contributed by atoms with Gasteiger partial charge in [0.25, 0.3) is 10.1 Å². The van der Waals surface area contributed by atoms with Crippen molar-refractivity contribution in [3.05, 3.63) is 12.2 Å². The third-order valence-electron chi connectivity index (χ3n) is 1.94. The first-order chi connectivity index (χ1) is 5.00. The van der Waals surface area contributed by atoms with Crippen LogP contribution in [0.3, 0.4) is 0 Å². The Hall–Kier alpha value is -0.390. The highest BCUT2D eigenvalue weighted by Gasteiger charge is 2.23. The largest absolute Gasteiger partial charge is 0.412 e. The molecule has 0 heterocycles. The molecule has 1 rings (SSSR count). The van der Waals surface area contributed by atoms with Gasteiger partial charge in [-0.25, -0.2) is 0 Å². The molecule has 3 N–H and O–H groups in total. The highest BCUT2D eigenvalue weighted by Crippen LogP contribution is 2.20. The topological polar surface area (TPSA) is 85.9 Å². The summed E-state index contributed by atoms with van der Waals surface area (Å²) in [6.45, 7) is 2.02. The molecule has 0 saturated heterocycles. The number of hydrogen-bond acceptors (Lipinski definition) is 2. The summed E-state index contributed by atoms with van der Waals surface area (Å²) in [5, 5.41) is -0.668. The predicted octanol–water partition coefficient (Wildman–Crippen LogP) is 0.404. The molecule has 0 saturated carbocycles. The summed E-state index contributed by atoms with van der Waals surface area (Å²) in [4.78, 5) is 0. The van der Waals surface area contributed by atoms with Gasteiger partial charge in [-0.2, -0.15) is 8.42 Å². The lowest BCUT2D eigenvalue weighted by molar-refractivity contribution is 0.461. The average molecular weight is 194 g/mol. The number of allylic oxidation sites excluding steroid dienone is 1. The SMILES string of the molecule is CC1C=CC(S(=O)(=O)O)CC1.O. The maximum absolute atomic E-state index is 10.6. The van der Waals surface area contributed by atoms with E-state index in [-0.39, 0.29) is 5.48 Å². The van der Waals surface area contributed by atoms with Crippen molar-refractivity contribution in [1.29, 1.82) is 0 Å². The minimum absolute atomic E-state index is 0.